The van der Waals surface area contributed by atoms with E-state index in [4.69, 9.17) is 0 Å². The Balaban J connectivity index is 1.64. The summed E-state index contributed by atoms with van der Waals surface area (Å²) in [5.41, 5.74) is 4.23. The second kappa shape index (κ2) is 10.7. The Labute approximate surface area is 216 Å². The van der Waals surface area contributed by atoms with Crippen molar-refractivity contribution in [1.29, 1.82) is 0 Å². The summed E-state index contributed by atoms with van der Waals surface area (Å²) < 4.78 is 43.2. The van der Waals surface area contributed by atoms with Gasteiger partial charge in [0, 0.05) is 18.2 Å². The molecule has 192 valence electrons. The monoisotopic (exact) mass is 520 g/mol. The van der Waals surface area contributed by atoms with E-state index in [2.05, 4.69) is 10.4 Å². The van der Waals surface area contributed by atoms with Crippen LogP contribution in [0.15, 0.2) is 77.7 Å². The molecule has 0 aliphatic rings. The topological polar surface area (TPSA) is 84.3 Å². The van der Waals surface area contributed by atoms with E-state index in [1.807, 2.05) is 49.4 Å². The molecule has 0 saturated heterocycles. The minimum Gasteiger partial charge on any atom is -0.309 e. The first-order chi connectivity index (χ1) is 17.6. The molecule has 0 bridgehead atoms. The highest BCUT2D eigenvalue weighted by Gasteiger charge is 2.29. The number of hydrogen-bond donors (Lipinski definition) is 1. The number of halogens is 1. The molecular weight excluding hydrogens is 491 g/mol. The maximum atomic E-state index is 13.5. The van der Waals surface area contributed by atoms with Gasteiger partial charge in [-0.2, -0.15) is 9.40 Å². The van der Waals surface area contributed by atoms with Gasteiger partial charge in [0.1, 0.15) is 11.6 Å². The quantitative estimate of drug-likeness (QED) is 0.344. The van der Waals surface area contributed by atoms with Gasteiger partial charge in [-0.25, -0.2) is 17.5 Å². The first-order valence-corrected chi connectivity index (χ1v) is 13.3. The van der Waals surface area contributed by atoms with Crippen molar-refractivity contribution in [3.8, 4) is 16.9 Å². The number of aryl methyl sites for hydroxylation is 3. The predicted molar refractivity (Wildman–Crippen MR) is 143 cm³/mol. The predicted octanol–water partition coefficient (Wildman–Crippen LogP) is 5.25. The normalized spacial score (nSPS) is 11.6. The van der Waals surface area contributed by atoms with E-state index < -0.39 is 21.7 Å². The lowest BCUT2D eigenvalue weighted by Gasteiger charge is -2.22. The summed E-state index contributed by atoms with van der Waals surface area (Å²) >= 11 is 0. The van der Waals surface area contributed by atoms with Crippen molar-refractivity contribution < 1.29 is 17.6 Å². The van der Waals surface area contributed by atoms with Gasteiger partial charge in [0.05, 0.1) is 22.8 Å². The summed E-state index contributed by atoms with van der Waals surface area (Å²) in [6.45, 7) is 6.87. The molecule has 1 aromatic heterocycles. The summed E-state index contributed by atoms with van der Waals surface area (Å²) in [5.74, 6) is -0.572. The van der Waals surface area contributed by atoms with Crippen LogP contribution in [0.2, 0.25) is 0 Å². The lowest BCUT2D eigenvalue weighted by molar-refractivity contribution is -0.116. The van der Waals surface area contributed by atoms with E-state index in [0.29, 0.717) is 28.3 Å². The Morgan fingerprint density at radius 3 is 2.19 bits per heavy atom. The Bertz CT molecular complexity index is 1510. The lowest BCUT2D eigenvalue weighted by Crippen LogP contribution is -2.38. The average molecular weight is 521 g/mol. The van der Waals surface area contributed by atoms with Gasteiger partial charge in [0.25, 0.3) is 0 Å². The van der Waals surface area contributed by atoms with Gasteiger partial charge in [0.2, 0.25) is 15.9 Å². The van der Waals surface area contributed by atoms with Crippen LogP contribution in [0, 0.1) is 26.6 Å². The molecule has 0 radical (unpaired) electrons. The van der Waals surface area contributed by atoms with Crippen molar-refractivity contribution in [2.24, 2.45) is 0 Å². The smallest absolute Gasteiger partial charge is 0.244 e. The second-order valence-corrected chi connectivity index (χ2v) is 10.8. The number of nitrogens with zero attached hydrogens (tertiary/aromatic N) is 3. The second-order valence-electron chi connectivity index (χ2n) is 8.88. The van der Waals surface area contributed by atoms with Crippen molar-refractivity contribution in [2.45, 2.75) is 32.6 Å². The number of sulfonamides is 1. The SMILES string of the molecule is CCN(CC(=O)Nc1cc(-c2ccccc2)nn1-c1ccc(F)cc1)S(=O)(=O)c1c(C)cc(C)cc1C. The maximum Gasteiger partial charge on any atom is 0.244 e. The Hall–Kier alpha value is -3.82. The van der Waals surface area contributed by atoms with Crippen molar-refractivity contribution in [1.82, 2.24) is 14.1 Å². The van der Waals surface area contributed by atoms with Crippen LogP contribution in [-0.2, 0) is 14.8 Å². The number of amides is 1. The van der Waals surface area contributed by atoms with E-state index in [9.17, 15) is 17.6 Å². The molecule has 3 aromatic carbocycles. The molecule has 0 aliphatic carbocycles. The largest absolute Gasteiger partial charge is 0.309 e. The molecule has 37 heavy (non-hydrogen) atoms. The molecule has 0 aliphatic heterocycles. The average Bonchev–Trinajstić information content (AvgIpc) is 3.26. The molecule has 0 atom stereocenters. The van der Waals surface area contributed by atoms with E-state index in [-0.39, 0.29) is 18.0 Å². The van der Waals surface area contributed by atoms with E-state index in [1.165, 1.54) is 16.8 Å². The Morgan fingerprint density at radius 2 is 1.59 bits per heavy atom. The maximum absolute atomic E-state index is 13.5. The van der Waals surface area contributed by atoms with Gasteiger partial charge in [-0.15, -0.1) is 0 Å². The Morgan fingerprint density at radius 1 is 0.973 bits per heavy atom. The number of rotatable bonds is 8. The first kappa shape index (κ1) is 26.2. The van der Waals surface area contributed by atoms with Crippen LogP contribution in [0.1, 0.15) is 23.6 Å². The van der Waals surface area contributed by atoms with E-state index in [1.54, 1.807) is 39.0 Å². The zero-order valence-corrected chi connectivity index (χ0v) is 22.0. The summed E-state index contributed by atoms with van der Waals surface area (Å²) in [7, 11) is -3.91. The van der Waals surface area contributed by atoms with Gasteiger partial charge in [0.15, 0.2) is 0 Å². The van der Waals surface area contributed by atoms with Crippen LogP contribution in [-0.4, -0.2) is 41.5 Å². The molecule has 0 unspecified atom stereocenters. The van der Waals surface area contributed by atoms with Gasteiger partial charge in [-0.3, -0.25) is 4.79 Å². The third kappa shape index (κ3) is 5.63. The minimum absolute atomic E-state index is 0.120. The summed E-state index contributed by atoms with van der Waals surface area (Å²) in [4.78, 5) is 13.4. The highest BCUT2D eigenvalue weighted by molar-refractivity contribution is 7.89. The van der Waals surface area contributed by atoms with Crippen molar-refractivity contribution >= 4 is 21.7 Å². The van der Waals surface area contributed by atoms with Gasteiger partial charge in [-0.1, -0.05) is 55.0 Å². The van der Waals surface area contributed by atoms with Crippen LogP contribution in [0.3, 0.4) is 0 Å². The van der Waals surface area contributed by atoms with Gasteiger partial charge < -0.3 is 5.32 Å². The van der Waals surface area contributed by atoms with Gasteiger partial charge in [-0.05, 0) is 56.2 Å². The molecule has 1 amide bonds. The number of nitrogens with one attached hydrogen (secondary N) is 1. The first-order valence-electron chi connectivity index (χ1n) is 11.9. The fourth-order valence-corrected chi connectivity index (χ4v) is 6.23. The van der Waals surface area contributed by atoms with Crippen LogP contribution < -0.4 is 5.32 Å². The lowest BCUT2D eigenvalue weighted by atomic mass is 10.1. The fourth-order valence-electron chi connectivity index (χ4n) is 4.41. The number of hydrogen-bond acceptors (Lipinski definition) is 4. The highest BCUT2D eigenvalue weighted by atomic mass is 32.2. The number of carbonyl (C=O) groups excluding carboxylic acids is 1. The van der Waals surface area contributed by atoms with Crippen molar-refractivity contribution in [3.05, 3.63) is 95.3 Å². The number of benzene rings is 3. The summed E-state index contributed by atoms with van der Waals surface area (Å²) in [6.07, 6.45) is 0. The van der Waals surface area contributed by atoms with E-state index >= 15 is 0 Å². The fraction of sp³-hybridized carbons (Fsp3) is 0.214. The van der Waals surface area contributed by atoms with Crippen LogP contribution in [0.5, 0.6) is 0 Å². The van der Waals surface area contributed by atoms with Crippen LogP contribution >= 0.6 is 0 Å². The summed E-state index contributed by atoms with van der Waals surface area (Å²) in [6, 6.07) is 20.5. The van der Waals surface area contributed by atoms with Crippen LogP contribution in [0.4, 0.5) is 10.2 Å². The third-order valence-corrected chi connectivity index (χ3v) is 8.22. The number of aromatic nitrogens is 2. The van der Waals surface area contributed by atoms with Gasteiger partial charge >= 0.3 is 0 Å². The molecule has 4 rings (SSSR count). The third-order valence-electron chi connectivity index (χ3n) is 5.99. The molecule has 1 heterocycles. The molecular formula is C28H29FN4O3S. The van der Waals surface area contributed by atoms with Crippen LogP contribution in [0.25, 0.3) is 16.9 Å². The summed E-state index contributed by atoms with van der Waals surface area (Å²) in [5, 5.41) is 7.41. The minimum atomic E-state index is -3.91. The number of carbonyl (C=O) groups is 1. The standard InChI is InChI=1S/C28H29FN4O3S/c1-5-32(37(35,36)28-20(3)15-19(2)16-21(28)4)18-27(34)30-26-17-25(22-9-7-6-8-10-22)31-33(26)24-13-11-23(29)12-14-24/h6-17H,5,18H2,1-4H3,(H,30,34). The molecule has 4 aromatic rings. The molecule has 9 heteroatoms. The number of likely N-dealkylation sites (N-methyl/N-ethyl adjacent to an activating group) is 1. The zero-order valence-electron chi connectivity index (χ0n) is 21.2. The van der Waals surface area contributed by atoms with Crippen molar-refractivity contribution in [3.63, 3.8) is 0 Å². The van der Waals surface area contributed by atoms with E-state index in [0.717, 1.165) is 15.4 Å². The molecule has 0 spiro atoms. The zero-order chi connectivity index (χ0) is 26.7. The molecule has 7 nitrogen and oxygen atoms in total. The number of anilines is 1. The van der Waals surface area contributed by atoms with Crippen molar-refractivity contribution in [2.75, 3.05) is 18.4 Å². The highest BCUT2D eigenvalue weighted by Crippen LogP contribution is 2.27. The molecule has 1 N–H and O–H groups in total. The molecule has 0 saturated carbocycles. The Kier molecular flexibility index (Phi) is 7.56. The molecule has 0 fully saturated rings.